The minimum absolute atomic E-state index is 0.381. The molecule has 1 unspecified atom stereocenters. The normalized spacial score (nSPS) is 15.2. The number of hydrogen-bond acceptors (Lipinski definition) is 6. The number of nitrogens with zero attached hydrogens (tertiary/aromatic N) is 7. The zero-order chi connectivity index (χ0) is 27.6. The molecule has 1 aromatic carbocycles. The van der Waals surface area contributed by atoms with Crippen molar-refractivity contribution < 1.29 is 9.13 Å². The molecule has 4 rings (SSSR count). The van der Waals surface area contributed by atoms with Gasteiger partial charge in [0.25, 0.3) is 0 Å². The molecule has 1 atom stereocenters. The Labute approximate surface area is 228 Å². The molecule has 0 saturated carbocycles. The summed E-state index contributed by atoms with van der Waals surface area (Å²) < 4.78 is 20.9. The van der Waals surface area contributed by atoms with E-state index in [1.807, 2.05) is 46.3 Å². The Balaban J connectivity index is 1.51. The molecule has 1 aliphatic heterocycles. The number of guanidine groups is 1. The largest absolute Gasteiger partial charge is 0.378 e. The molecule has 1 aliphatic rings. The molecule has 1 fully saturated rings. The van der Waals surface area contributed by atoms with Crippen molar-refractivity contribution in [2.75, 3.05) is 31.6 Å². The fourth-order valence-corrected chi connectivity index (χ4v) is 3.95. The van der Waals surface area contributed by atoms with Gasteiger partial charge in [0.2, 0.25) is 5.96 Å². The highest BCUT2D eigenvalue weighted by atomic mass is 19.1. The van der Waals surface area contributed by atoms with Gasteiger partial charge in [-0.05, 0) is 45.3 Å². The van der Waals surface area contributed by atoms with Crippen molar-refractivity contribution in [3.8, 4) is 0 Å². The minimum Gasteiger partial charge on any atom is -0.378 e. The third kappa shape index (κ3) is 8.44. The molecule has 0 amide bonds. The number of ether oxygens (including phenoxy) is 1. The number of anilines is 1. The van der Waals surface area contributed by atoms with Gasteiger partial charge in [0.05, 0.1) is 31.9 Å². The summed E-state index contributed by atoms with van der Waals surface area (Å²) in [5.74, 6) is 2.52. The zero-order valence-corrected chi connectivity index (χ0v) is 22.9. The number of morpholine rings is 1. The maximum Gasteiger partial charge on any atom is 0.226 e. The standard InChI is InChI=1S/C28H36FN9O/c1-20(2)26(35-25-18-37(19-32-25)11-10-23-8-6-5-7-9-23)36-28(34-22(4)38-12-14-39-15-13-38)33-21(3)27-30-16-24(29)17-31-27/h5-9,16-19,21,35H,10-15H2,1-4H3,(H,33,36)/b34-22+. The predicted octanol–water partition coefficient (Wildman–Crippen LogP) is 4.18. The molecule has 2 N–H and O–H groups in total. The van der Waals surface area contributed by atoms with Crippen LogP contribution in [0.25, 0.3) is 0 Å². The fourth-order valence-electron chi connectivity index (χ4n) is 3.95. The van der Waals surface area contributed by atoms with Crippen LogP contribution in [-0.4, -0.2) is 62.5 Å². The molecule has 39 heavy (non-hydrogen) atoms. The second kappa shape index (κ2) is 13.6. The minimum atomic E-state index is -0.492. The van der Waals surface area contributed by atoms with E-state index >= 15 is 0 Å². The molecule has 0 aliphatic carbocycles. The molecule has 3 aromatic rings. The average molecular weight is 534 g/mol. The van der Waals surface area contributed by atoms with Crippen LogP contribution >= 0.6 is 0 Å². The lowest BCUT2D eigenvalue weighted by Crippen LogP contribution is -2.40. The zero-order valence-electron chi connectivity index (χ0n) is 22.9. The van der Waals surface area contributed by atoms with Gasteiger partial charge in [-0.2, -0.15) is 0 Å². The molecule has 10 nitrogen and oxygen atoms in total. The van der Waals surface area contributed by atoms with E-state index in [0.717, 1.165) is 49.9 Å². The van der Waals surface area contributed by atoms with E-state index < -0.39 is 11.9 Å². The van der Waals surface area contributed by atoms with Crippen LogP contribution in [0, 0.1) is 5.82 Å². The van der Waals surface area contributed by atoms with Gasteiger partial charge < -0.3 is 24.8 Å². The summed E-state index contributed by atoms with van der Waals surface area (Å²) in [5.41, 5.74) is 2.27. The van der Waals surface area contributed by atoms with Crippen molar-refractivity contribution in [3.05, 3.63) is 83.8 Å². The predicted molar refractivity (Wildman–Crippen MR) is 151 cm³/mol. The third-order valence-corrected chi connectivity index (χ3v) is 6.19. The van der Waals surface area contributed by atoms with Crippen molar-refractivity contribution in [1.29, 1.82) is 0 Å². The first-order chi connectivity index (χ1) is 18.9. The SMILES string of the molecule is CC(C)=C(NC(=NC(C)c1ncc(F)cn1)/N=C(\C)N1CCOCC1)Nc1cn(CCc2ccccc2)cn1. The maximum atomic E-state index is 13.4. The summed E-state index contributed by atoms with van der Waals surface area (Å²) in [4.78, 5) is 24.4. The van der Waals surface area contributed by atoms with Gasteiger partial charge >= 0.3 is 0 Å². The van der Waals surface area contributed by atoms with Crippen molar-refractivity contribution in [1.82, 2.24) is 29.7 Å². The summed E-state index contributed by atoms with van der Waals surface area (Å²) in [6.07, 6.45) is 6.99. The van der Waals surface area contributed by atoms with Crippen LogP contribution < -0.4 is 10.6 Å². The van der Waals surface area contributed by atoms with E-state index in [-0.39, 0.29) is 0 Å². The van der Waals surface area contributed by atoms with Gasteiger partial charge in [-0.1, -0.05) is 30.3 Å². The lowest BCUT2D eigenvalue weighted by molar-refractivity contribution is 0.0678. The van der Waals surface area contributed by atoms with Crippen molar-refractivity contribution in [3.63, 3.8) is 0 Å². The smallest absolute Gasteiger partial charge is 0.226 e. The monoisotopic (exact) mass is 533 g/mol. The van der Waals surface area contributed by atoms with E-state index in [1.54, 1.807) is 0 Å². The van der Waals surface area contributed by atoms with Crippen molar-refractivity contribution in [2.45, 2.75) is 46.7 Å². The van der Waals surface area contributed by atoms with Crippen LogP contribution in [0.15, 0.2) is 76.6 Å². The Bertz CT molecular complexity index is 1290. The van der Waals surface area contributed by atoms with E-state index in [0.29, 0.717) is 36.6 Å². The topological polar surface area (TPSA) is 105 Å². The van der Waals surface area contributed by atoms with E-state index in [4.69, 9.17) is 14.7 Å². The number of aromatic nitrogens is 4. The van der Waals surface area contributed by atoms with Crippen LogP contribution in [0.5, 0.6) is 0 Å². The number of hydrogen-bond donors (Lipinski definition) is 2. The molecule has 206 valence electrons. The number of imidazole rings is 1. The van der Waals surface area contributed by atoms with E-state index in [1.165, 1.54) is 5.56 Å². The summed E-state index contributed by atoms with van der Waals surface area (Å²) in [6.45, 7) is 11.4. The maximum absolute atomic E-state index is 13.4. The lowest BCUT2D eigenvalue weighted by Gasteiger charge is -2.28. The Hall–Kier alpha value is -4.12. The number of halogens is 1. The molecular weight excluding hydrogens is 497 g/mol. The number of aliphatic imine (C=N–C) groups is 2. The number of rotatable bonds is 8. The number of aryl methyl sites for hydroxylation is 2. The van der Waals surface area contributed by atoms with Gasteiger partial charge in [0, 0.05) is 25.8 Å². The summed E-state index contributed by atoms with van der Waals surface area (Å²) in [7, 11) is 0. The second-order valence-corrected chi connectivity index (χ2v) is 9.50. The third-order valence-electron chi connectivity index (χ3n) is 6.19. The molecular formula is C28H36FN9O. The number of amidine groups is 1. The van der Waals surface area contributed by atoms with Crippen molar-refractivity contribution in [2.24, 2.45) is 9.98 Å². The molecule has 11 heteroatoms. The quantitative estimate of drug-likeness (QED) is 0.331. The Morgan fingerprint density at radius 1 is 1.08 bits per heavy atom. The van der Waals surface area contributed by atoms with Gasteiger partial charge in [0.1, 0.15) is 23.5 Å². The Kier molecular flexibility index (Phi) is 9.74. The first kappa shape index (κ1) is 27.9. The van der Waals surface area contributed by atoms with Gasteiger partial charge in [-0.25, -0.2) is 29.3 Å². The molecule has 0 bridgehead atoms. The van der Waals surface area contributed by atoms with Crippen LogP contribution in [0.4, 0.5) is 10.2 Å². The number of allylic oxidation sites excluding steroid dienone is 1. The van der Waals surface area contributed by atoms with Gasteiger partial charge in [0.15, 0.2) is 11.6 Å². The summed E-state index contributed by atoms with van der Waals surface area (Å²) in [5, 5.41) is 6.72. The van der Waals surface area contributed by atoms with Crippen LogP contribution in [0.2, 0.25) is 0 Å². The number of benzene rings is 1. The van der Waals surface area contributed by atoms with E-state index in [9.17, 15) is 4.39 Å². The Morgan fingerprint density at radius 2 is 1.79 bits per heavy atom. The van der Waals surface area contributed by atoms with Crippen LogP contribution in [0.1, 0.15) is 45.1 Å². The summed E-state index contributed by atoms with van der Waals surface area (Å²) >= 11 is 0. The van der Waals surface area contributed by atoms with Crippen LogP contribution in [0.3, 0.4) is 0 Å². The average Bonchev–Trinajstić information content (AvgIpc) is 3.40. The summed E-state index contributed by atoms with van der Waals surface area (Å²) in [6, 6.07) is 9.92. The van der Waals surface area contributed by atoms with Crippen molar-refractivity contribution >= 4 is 17.6 Å². The fraction of sp³-hybridized carbons (Fsp3) is 0.393. The second-order valence-electron chi connectivity index (χ2n) is 9.50. The molecule has 2 aromatic heterocycles. The molecule has 0 radical (unpaired) electrons. The molecule has 1 saturated heterocycles. The molecule has 3 heterocycles. The van der Waals surface area contributed by atoms with Crippen LogP contribution in [-0.2, 0) is 17.7 Å². The highest BCUT2D eigenvalue weighted by molar-refractivity contribution is 5.95. The highest BCUT2D eigenvalue weighted by Gasteiger charge is 2.16. The Morgan fingerprint density at radius 3 is 2.49 bits per heavy atom. The van der Waals surface area contributed by atoms with Gasteiger partial charge in [-0.15, -0.1) is 0 Å². The lowest BCUT2D eigenvalue weighted by atomic mass is 10.1. The van der Waals surface area contributed by atoms with Gasteiger partial charge in [-0.3, -0.25) is 0 Å². The number of nitrogens with one attached hydrogen (secondary N) is 2. The molecule has 0 spiro atoms. The first-order valence-corrected chi connectivity index (χ1v) is 13.1. The highest BCUT2D eigenvalue weighted by Crippen LogP contribution is 2.14. The van der Waals surface area contributed by atoms with E-state index in [2.05, 4.69) is 59.3 Å². The first-order valence-electron chi connectivity index (χ1n) is 13.1.